The Kier molecular flexibility index (Phi) is 9.17. The fourth-order valence-corrected chi connectivity index (χ4v) is 10.3. The van der Waals surface area contributed by atoms with Crippen LogP contribution in [-0.2, 0) is 5.41 Å². The molecule has 2 heterocycles. The van der Waals surface area contributed by atoms with Gasteiger partial charge in [-0.1, -0.05) is 214 Å². The summed E-state index contributed by atoms with van der Waals surface area (Å²) in [7, 11) is 0. The summed E-state index contributed by atoms with van der Waals surface area (Å²) in [5.74, 6) is 0. The van der Waals surface area contributed by atoms with Crippen LogP contribution in [0.3, 0.4) is 0 Å². The normalized spacial score (nSPS) is 12.6. The first-order valence-corrected chi connectivity index (χ1v) is 22.5. The van der Waals surface area contributed by atoms with E-state index in [-0.39, 0.29) is 5.41 Å². The number of nitrogens with zero attached hydrogens (tertiary/aromatic N) is 3. The predicted molar refractivity (Wildman–Crippen MR) is 272 cm³/mol. The van der Waals surface area contributed by atoms with Crippen LogP contribution in [0.1, 0.15) is 25.0 Å². The molecule has 0 atom stereocenters. The first kappa shape index (κ1) is 38.4. The maximum absolute atomic E-state index is 5.55. The highest BCUT2D eigenvalue weighted by Crippen LogP contribution is 2.52. The molecule has 12 rings (SSSR count). The van der Waals surface area contributed by atoms with Crippen LogP contribution in [0.2, 0.25) is 0 Å². The van der Waals surface area contributed by atoms with Crippen molar-refractivity contribution in [3.8, 4) is 67.0 Å². The summed E-state index contributed by atoms with van der Waals surface area (Å²) in [5.41, 5.74) is 20.6. The zero-order valence-corrected chi connectivity index (χ0v) is 36.4. The van der Waals surface area contributed by atoms with Crippen molar-refractivity contribution in [2.75, 3.05) is 4.90 Å². The van der Waals surface area contributed by atoms with E-state index >= 15 is 0 Å². The Labute approximate surface area is 380 Å². The zero-order chi connectivity index (χ0) is 43.5. The zero-order valence-electron chi connectivity index (χ0n) is 36.4. The molecule has 65 heavy (non-hydrogen) atoms. The van der Waals surface area contributed by atoms with Gasteiger partial charge >= 0.3 is 0 Å². The first-order valence-electron chi connectivity index (χ1n) is 22.5. The van der Waals surface area contributed by atoms with Gasteiger partial charge in [0.2, 0.25) is 0 Å². The molecule has 9 aromatic carbocycles. The number of benzene rings is 9. The minimum Gasteiger partial charge on any atom is -0.310 e. The van der Waals surface area contributed by atoms with E-state index in [2.05, 4.69) is 260 Å². The smallest absolute Gasteiger partial charge is 0.101 e. The average molecular weight is 832 g/mol. The summed E-state index contributed by atoms with van der Waals surface area (Å²) >= 11 is 0. The van der Waals surface area contributed by atoms with Crippen LogP contribution < -0.4 is 4.90 Å². The Morgan fingerprint density at radius 1 is 0.400 bits per heavy atom. The molecule has 0 amide bonds. The molecule has 0 saturated carbocycles. The lowest BCUT2D eigenvalue weighted by molar-refractivity contribution is 0.660. The topological polar surface area (TPSA) is 20.5 Å². The number of rotatable bonds is 8. The SMILES string of the molecule is CC1(C)c2ccccc2-c2ccc(N(c3ccc4cc(-c5ccccc5)n5nc(-c6ccccc6)c(-c6ccccc6)c5c4c3)c3ccccc3-c3ccccc3-c3ccccc3)cc21. The van der Waals surface area contributed by atoms with Gasteiger partial charge < -0.3 is 4.90 Å². The highest BCUT2D eigenvalue weighted by atomic mass is 15.2. The first-order chi connectivity index (χ1) is 32.0. The van der Waals surface area contributed by atoms with Crippen LogP contribution in [0, 0.1) is 0 Å². The Morgan fingerprint density at radius 3 is 1.63 bits per heavy atom. The van der Waals surface area contributed by atoms with Crippen molar-refractivity contribution in [1.82, 2.24) is 9.61 Å². The third kappa shape index (κ3) is 6.39. The van der Waals surface area contributed by atoms with Crippen molar-refractivity contribution in [1.29, 1.82) is 0 Å². The minimum absolute atomic E-state index is 0.174. The van der Waals surface area contributed by atoms with Crippen molar-refractivity contribution in [3.05, 3.63) is 248 Å². The Bertz CT molecular complexity index is 3550. The van der Waals surface area contributed by atoms with E-state index in [9.17, 15) is 0 Å². The number of hydrogen-bond donors (Lipinski definition) is 0. The van der Waals surface area contributed by atoms with Crippen LogP contribution in [0.15, 0.2) is 237 Å². The van der Waals surface area contributed by atoms with E-state index in [1.807, 2.05) is 0 Å². The van der Waals surface area contributed by atoms with Crippen molar-refractivity contribution in [2.45, 2.75) is 19.3 Å². The molecular formula is C62H45N3. The number of aromatic nitrogens is 2. The average Bonchev–Trinajstić information content (AvgIpc) is 3.88. The Balaban J connectivity index is 1.16. The van der Waals surface area contributed by atoms with E-state index < -0.39 is 0 Å². The fourth-order valence-electron chi connectivity index (χ4n) is 10.3. The maximum Gasteiger partial charge on any atom is 0.101 e. The number of pyridine rings is 1. The fraction of sp³-hybridized carbons (Fsp3) is 0.0484. The molecule has 0 bridgehead atoms. The Hall–Kier alpha value is -8.27. The van der Waals surface area contributed by atoms with Crippen LogP contribution in [0.5, 0.6) is 0 Å². The lowest BCUT2D eigenvalue weighted by Crippen LogP contribution is -2.17. The van der Waals surface area contributed by atoms with Crippen molar-refractivity contribution in [2.24, 2.45) is 0 Å². The third-order valence-corrected chi connectivity index (χ3v) is 13.4. The molecule has 0 radical (unpaired) electrons. The third-order valence-electron chi connectivity index (χ3n) is 13.4. The minimum atomic E-state index is -0.174. The molecule has 0 saturated heterocycles. The molecule has 0 N–H and O–H groups in total. The van der Waals surface area contributed by atoms with Gasteiger partial charge in [0.15, 0.2) is 0 Å². The highest BCUT2D eigenvalue weighted by Gasteiger charge is 2.36. The van der Waals surface area contributed by atoms with Gasteiger partial charge in [0.25, 0.3) is 0 Å². The summed E-state index contributed by atoms with van der Waals surface area (Å²) < 4.78 is 2.19. The summed E-state index contributed by atoms with van der Waals surface area (Å²) in [6, 6.07) is 85.8. The Morgan fingerprint density at radius 2 is 0.923 bits per heavy atom. The summed E-state index contributed by atoms with van der Waals surface area (Å²) in [4.78, 5) is 2.48. The molecule has 3 heteroatoms. The standard InChI is InChI=1S/C62H45N3/c1-62(2)55-33-19-17-31-51(55)52-38-37-48(41-56(52)62)64(57-34-20-18-32-53(57)50-30-16-15-29-49(50)42-21-7-3-8-22-42)47-36-35-46-39-58(43-23-9-4-10-24-43)65-61(54(46)40-47)59(44-25-11-5-12-26-44)60(63-65)45-27-13-6-14-28-45/h3-41H,1-2H3. The molecule has 0 fully saturated rings. The van der Waals surface area contributed by atoms with Gasteiger partial charge in [-0.25, -0.2) is 4.52 Å². The van der Waals surface area contributed by atoms with Crippen LogP contribution in [-0.4, -0.2) is 9.61 Å². The maximum atomic E-state index is 5.55. The monoisotopic (exact) mass is 831 g/mol. The van der Waals surface area contributed by atoms with Gasteiger partial charge in [0.05, 0.1) is 16.9 Å². The molecule has 0 aliphatic heterocycles. The molecule has 308 valence electrons. The molecule has 11 aromatic rings. The molecule has 2 aromatic heterocycles. The van der Waals surface area contributed by atoms with Gasteiger partial charge in [-0.05, 0) is 86.3 Å². The van der Waals surface area contributed by atoms with Gasteiger partial charge in [0, 0.05) is 44.4 Å². The second-order valence-electron chi connectivity index (χ2n) is 17.5. The number of fused-ring (bicyclic) bond motifs is 6. The van der Waals surface area contributed by atoms with Crippen LogP contribution in [0.4, 0.5) is 17.1 Å². The van der Waals surface area contributed by atoms with Crippen molar-refractivity contribution >= 4 is 33.4 Å². The molecule has 0 spiro atoms. The van der Waals surface area contributed by atoms with Gasteiger partial charge in [-0.2, -0.15) is 5.10 Å². The van der Waals surface area contributed by atoms with Crippen LogP contribution >= 0.6 is 0 Å². The molecule has 1 aliphatic carbocycles. The highest BCUT2D eigenvalue weighted by molar-refractivity contribution is 6.10. The van der Waals surface area contributed by atoms with E-state index in [1.54, 1.807) is 0 Å². The summed E-state index contributed by atoms with van der Waals surface area (Å²) in [5, 5.41) is 7.81. The van der Waals surface area contributed by atoms with E-state index in [0.29, 0.717) is 0 Å². The molecule has 3 nitrogen and oxygen atoms in total. The number of para-hydroxylation sites is 1. The number of hydrogen-bond acceptors (Lipinski definition) is 2. The lowest BCUT2D eigenvalue weighted by atomic mass is 9.82. The van der Waals surface area contributed by atoms with E-state index in [1.165, 1.54) is 38.9 Å². The summed E-state index contributed by atoms with van der Waals surface area (Å²) in [6.07, 6.45) is 0. The predicted octanol–water partition coefficient (Wildman–Crippen LogP) is 16.6. The van der Waals surface area contributed by atoms with E-state index in [4.69, 9.17) is 5.10 Å². The lowest BCUT2D eigenvalue weighted by Gasteiger charge is -2.30. The quantitative estimate of drug-likeness (QED) is 0.152. The second kappa shape index (κ2) is 15.5. The second-order valence-corrected chi connectivity index (χ2v) is 17.5. The molecule has 0 unspecified atom stereocenters. The van der Waals surface area contributed by atoms with E-state index in [0.717, 1.165) is 72.6 Å². The van der Waals surface area contributed by atoms with Crippen molar-refractivity contribution in [3.63, 3.8) is 0 Å². The molecular weight excluding hydrogens is 787 g/mol. The van der Waals surface area contributed by atoms with Gasteiger partial charge in [-0.3, -0.25) is 0 Å². The number of anilines is 3. The summed E-state index contributed by atoms with van der Waals surface area (Å²) in [6.45, 7) is 4.73. The van der Waals surface area contributed by atoms with Crippen molar-refractivity contribution < 1.29 is 0 Å². The largest absolute Gasteiger partial charge is 0.310 e. The molecule has 1 aliphatic rings. The van der Waals surface area contributed by atoms with Crippen LogP contribution in [0.25, 0.3) is 83.3 Å². The van der Waals surface area contributed by atoms with Gasteiger partial charge in [-0.15, -0.1) is 0 Å². The van der Waals surface area contributed by atoms with Gasteiger partial charge in [0.1, 0.15) is 5.69 Å².